The van der Waals surface area contributed by atoms with E-state index in [1.165, 1.54) is 51.4 Å². The lowest BCUT2D eigenvalue weighted by molar-refractivity contribution is -0.126. The number of carbonyl (C=O) groups excluding carboxylic acids is 1. The van der Waals surface area contributed by atoms with Crippen molar-refractivity contribution < 1.29 is 18.4 Å². The largest absolute Gasteiger partial charge is 0.348 e. The third-order valence-corrected chi connectivity index (χ3v) is 8.60. The second-order valence-corrected chi connectivity index (χ2v) is 11.5. The molecule has 2 aliphatic heterocycles. The van der Waals surface area contributed by atoms with E-state index in [0.29, 0.717) is 0 Å². The number of hydroxylamine groups is 1. The number of halogens is 2. The summed E-state index contributed by atoms with van der Waals surface area (Å²) in [7, 11) is 0. The molecule has 37 heavy (non-hydrogen) atoms. The van der Waals surface area contributed by atoms with Gasteiger partial charge in [-0.15, -0.1) is 0 Å². The van der Waals surface area contributed by atoms with Crippen LogP contribution in [0.25, 0.3) is 0 Å². The molecule has 1 spiro atoms. The van der Waals surface area contributed by atoms with Crippen LogP contribution in [0.3, 0.4) is 0 Å². The van der Waals surface area contributed by atoms with Crippen LogP contribution in [0.15, 0.2) is 18.2 Å². The zero-order valence-electron chi connectivity index (χ0n) is 22.0. The molecule has 5 N–H and O–H groups in total. The normalized spacial score (nSPS) is 32.7. The van der Waals surface area contributed by atoms with Crippen LogP contribution in [0.5, 0.6) is 0 Å². The standard InChI is InChI=1S/C28H43F2N5O2/c1-18-16-23(34-28(33-18)14-8-6-4-2-3-5-7-9-15-28)26(36)31-22-13-11-19-17-20(10-12-21(19)22)25-32-27(24(29)30)37-35-25/h10,12,17-18,22-25,27,32-35H,2-9,11,13-16H2,1H3,(H,31,36)/t18?,22-,23?,25?,27?/m1/s1. The van der Waals surface area contributed by atoms with Gasteiger partial charge in [0.05, 0.1) is 17.7 Å². The Labute approximate surface area is 219 Å². The van der Waals surface area contributed by atoms with Gasteiger partial charge < -0.3 is 5.32 Å². The summed E-state index contributed by atoms with van der Waals surface area (Å²) in [6.45, 7) is 2.20. The fourth-order valence-corrected chi connectivity index (χ4v) is 6.72. The predicted molar refractivity (Wildman–Crippen MR) is 139 cm³/mol. The van der Waals surface area contributed by atoms with Gasteiger partial charge in [0, 0.05) is 6.04 Å². The van der Waals surface area contributed by atoms with Gasteiger partial charge in [0.25, 0.3) is 6.43 Å². The van der Waals surface area contributed by atoms with Crippen molar-refractivity contribution in [3.63, 3.8) is 0 Å². The summed E-state index contributed by atoms with van der Waals surface area (Å²) in [6.07, 6.45) is 10.4. The van der Waals surface area contributed by atoms with Crippen molar-refractivity contribution >= 4 is 5.91 Å². The Bertz CT molecular complexity index is 920. The summed E-state index contributed by atoms with van der Waals surface area (Å²) in [6, 6.07) is 6.03. The third kappa shape index (κ3) is 6.50. The SMILES string of the molecule is CC1CC(C(=O)N[C@@H]2CCc3cc(C4NOC(C(F)F)N4)ccc32)NC2(CCCCCCCCCC2)N1. The Morgan fingerprint density at radius 3 is 2.43 bits per heavy atom. The van der Waals surface area contributed by atoms with E-state index < -0.39 is 18.8 Å². The average Bonchev–Trinajstić information content (AvgIpc) is 3.51. The molecular weight excluding hydrogens is 476 g/mol. The summed E-state index contributed by atoms with van der Waals surface area (Å²) in [5.41, 5.74) is 5.63. The molecule has 0 radical (unpaired) electrons. The monoisotopic (exact) mass is 519 g/mol. The van der Waals surface area contributed by atoms with Crippen LogP contribution in [-0.4, -0.2) is 36.3 Å². The van der Waals surface area contributed by atoms with Gasteiger partial charge >= 0.3 is 0 Å². The zero-order valence-corrected chi connectivity index (χ0v) is 22.0. The van der Waals surface area contributed by atoms with Gasteiger partial charge in [-0.3, -0.25) is 25.6 Å². The number of fused-ring (bicyclic) bond motifs is 1. The molecule has 7 nitrogen and oxygen atoms in total. The molecule has 1 aromatic rings. The van der Waals surface area contributed by atoms with Crippen LogP contribution in [0, 0.1) is 0 Å². The molecule has 0 aromatic heterocycles. The number of amides is 1. The van der Waals surface area contributed by atoms with Crippen LogP contribution >= 0.6 is 0 Å². The number of alkyl halides is 2. The molecule has 2 heterocycles. The second kappa shape index (κ2) is 12.0. The van der Waals surface area contributed by atoms with Crippen molar-refractivity contribution in [1.82, 2.24) is 26.7 Å². The number of nitrogens with one attached hydrogen (secondary N) is 5. The first-order valence-corrected chi connectivity index (χ1v) is 14.4. The van der Waals surface area contributed by atoms with Gasteiger partial charge in [-0.1, -0.05) is 69.6 Å². The van der Waals surface area contributed by atoms with E-state index in [-0.39, 0.29) is 29.7 Å². The molecule has 0 bridgehead atoms. The van der Waals surface area contributed by atoms with Crippen LogP contribution in [-0.2, 0) is 16.1 Å². The molecule has 206 valence electrons. The molecule has 2 aliphatic carbocycles. The Morgan fingerprint density at radius 2 is 1.76 bits per heavy atom. The van der Waals surface area contributed by atoms with E-state index in [9.17, 15) is 13.6 Å². The van der Waals surface area contributed by atoms with Gasteiger partial charge in [0.2, 0.25) is 5.91 Å². The minimum atomic E-state index is -2.60. The van der Waals surface area contributed by atoms with E-state index in [0.717, 1.165) is 48.8 Å². The van der Waals surface area contributed by atoms with Crippen LogP contribution < -0.4 is 26.7 Å². The van der Waals surface area contributed by atoms with Crippen LogP contribution in [0.2, 0.25) is 0 Å². The lowest BCUT2D eigenvalue weighted by atomic mass is 9.88. The van der Waals surface area contributed by atoms with Crippen LogP contribution in [0.4, 0.5) is 8.78 Å². The van der Waals surface area contributed by atoms with Gasteiger partial charge in [-0.2, -0.15) is 5.48 Å². The summed E-state index contributed by atoms with van der Waals surface area (Å²) < 4.78 is 25.9. The Balaban J connectivity index is 1.22. The van der Waals surface area contributed by atoms with Gasteiger partial charge in [0.1, 0.15) is 6.17 Å². The summed E-state index contributed by atoms with van der Waals surface area (Å²) in [5.74, 6) is 0.0799. The van der Waals surface area contributed by atoms with Crippen molar-refractivity contribution in [3.8, 4) is 0 Å². The third-order valence-electron chi connectivity index (χ3n) is 8.60. The van der Waals surface area contributed by atoms with Crippen LogP contribution in [0.1, 0.15) is 113 Å². The van der Waals surface area contributed by atoms with E-state index in [2.05, 4.69) is 33.7 Å². The average molecular weight is 520 g/mol. The molecule has 4 aliphatic rings. The number of benzene rings is 1. The highest BCUT2D eigenvalue weighted by atomic mass is 19.3. The minimum Gasteiger partial charge on any atom is -0.348 e. The van der Waals surface area contributed by atoms with Crippen molar-refractivity contribution in [2.75, 3.05) is 0 Å². The molecule has 1 amide bonds. The van der Waals surface area contributed by atoms with Gasteiger partial charge in [0.15, 0.2) is 6.23 Å². The Kier molecular flexibility index (Phi) is 8.76. The lowest BCUT2D eigenvalue weighted by Crippen LogP contribution is -2.69. The maximum atomic E-state index is 13.5. The number of hydrogen-bond acceptors (Lipinski definition) is 6. The molecule has 3 fully saturated rings. The summed E-state index contributed by atoms with van der Waals surface area (Å²) in [4.78, 5) is 18.5. The molecular formula is C28H43F2N5O2. The minimum absolute atomic E-state index is 0.0263. The fraction of sp³-hybridized carbons (Fsp3) is 0.750. The predicted octanol–water partition coefficient (Wildman–Crippen LogP) is 4.46. The zero-order chi connectivity index (χ0) is 25.8. The Morgan fingerprint density at radius 1 is 1.05 bits per heavy atom. The maximum Gasteiger partial charge on any atom is 0.279 e. The van der Waals surface area contributed by atoms with Crippen molar-refractivity contribution in [1.29, 1.82) is 0 Å². The number of hydrogen-bond donors (Lipinski definition) is 5. The molecule has 4 unspecified atom stereocenters. The number of carbonyl (C=O) groups is 1. The molecule has 1 aromatic carbocycles. The van der Waals surface area contributed by atoms with E-state index >= 15 is 0 Å². The summed E-state index contributed by atoms with van der Waals surface area (Å²) >= 11 is 0. The van der Waals surface area contributed by atoms with Gasteiger partial charge in [-0.05, 0) is 55.7 Å². The lowest BCUT2D eigenvalue weighted by Gasteiger charge is -2.46. The summed E-state index contributed by atoms with van der Waals surface area (Å²) in [5, 5.41) is 13.7. The number of rotatable bonds is 4. The number of aryl methyl sites for hydroxylation is 1. The molecule has 5 atom stereocenters. The van der Waals surface area contributed by atoms with Crippen molar-refractivity contribution in [2.24, 2.45) is 0 Å². The maximum absolute atomic E-state index is 13.5. The van der Waals surface area contributed by atoms with Crippen molar-refractivity contribution in [3.05, 3.63) is 34.9 Å². The first kappa shape index (κ1) is 26.9. The highest BCUT2D eigenvalue weighted by molar-refractivity contribution is 5.82. The Hall–Kier alpha value is -1.65. The van der Waals surface area contributed by atoms with E-state index in [1.54, 1.807) is 0 Å². The van der Waals surface area contributed by atoms with Crippen molar-refractivity contribution in [2.45, 2.75) is 133 Å². The van der Waals surface area contributed by atoms with E-state index in [4.69, 9.17) is 4.84 Å². The molecule has 5 rings (SSSR count). The van der Waals surface area contributed by atoms with Gasteiger partial charge in [-0.25, -0.2) is 8.78 Å². The molecule has 1 saturated carbocycles. The van der Waals surface area contributed by atoms with E-state index in [1.807, 2.05) is 18.2 Å². The highest BCUT2D eigenvalue weighted by Gasteiger charge is 2.41. The quantitative estimate of drug-likeness (QED) is 0.404. The fourth-order valence-electron chi connectivity index (χ4n) is 6.72. The second-order valence-electron chi connectivity index (χ2n) is 11.5. The molecule has 2 saturated heterocycles. The highest BCUT2D eigenvalue weighted by Crippen LogP contribution is 2.34. The molecule has 9 heteroatoms. The topological polar surface area (TPSA) is 86.5 Å². The first-order chi connectivity index (χ1) is 17.9. The first-order valence-electron chi connectivity index (χ1n) is 14.4. The smallest absolute Gasteiger partial charge is 0.279 e.